The van der Waals surface area contributed by atoms with Crippen molar-refractivity contribution in [2.45, 2.75) is 26.3 Å². The van der Waals surface area contributed by atoms with Crippen LogP contribution in [0.25, 0.3) is 0 Å². The maximum absolute atomic E-state index is 11.8. The van der Waals surface area contributed by atoms with Crippen molar-refractivity contribution in [1.29, 1.82) is 0 Å². The number of hydrogen-bond donors (Lipinski definition) is 1. The van der Waals surface area contributed by atoms with Crippen LogP contribution in [0.15, 0.2) is 54.6 Å². The maximum Gasteiger partial charge on any atom is 0.220 e. The van der Waals surface area contributed by atoms with Gasteiger partial charge in [-0.05, 0) is 24.5 Å². The summed E-state index contributed by atoms with van der Waals surface area (Å²) in [5.41, 5.74) is 3.59. The van der Waals surface area contributed by atoms with Crippen LogP contribution in [0.1, 0.15) is 23.1 Å². The normalized spacial score (nSPS) is 10.2. The lowest BCUT2D eigenvalue weighted by Crippen LogP contribution is -2.22. The fraction of sp³-hybridized carbons (Fsp3) is 0.235. The Morgan fingerprint density at radius 1 is 1.00 bits per heavy atom. The number of benzene rings is 2. The average molecular weight is 253 g/mol. The van der Waals surface area contributed by atoms with Gasteiger partial charge in [-0.25, -0.2) is 0 Å². The average Bonchev–Trinajstić information content (AvgIpc) is 2.44. The molecule has 0 spiro atoms. The second kappa shape index (κ2) is 6.74. The molecule has 0 fully saturated rings. The van der Waals surface area contributed by atoms with Crippen LogP contribution in [0.4, 0.5) is 0 Å². The lowest BCUT2D eigenvalue weighted by atomic mass is 10.1. The van der Waals surface area contributed by atoms with Gasteiger partial charge < -0.3 is 5.32 Å². The van der Waals surface area contributed by atoms with E-state index in [0.29, 0.717) is 13.0 Å². The fourth-order valence-electron chi connectivity index (χ4n) is 2.01. The number of aryl methyl sites for hydroxylation is 2. The Balaban J connectivity index is 1.76. The van der Waals surface area contributed by atoms with E-state index in [1.54, 1.807) is 0 Å². The van der Waals surface area contributed by atoms with E-state index < -0.39 is 0 Å². The summed E-state index contributed by atoms with van der Waals surface area (Å²) in [7, 11) is 0. The summed E-state index contributed by atoms with van der Waals surface area (Å²) in [4.78, 5) is 11.8. The maximum atomic E-state index is 11.8. The van der Waals surface area contributed by atoms with E-state index in [0.717, 1.165) is 12.0 Å². The summed E-state index contributed by atoms with van der Waals surface area (Å²) in [6.07, 6.45) is 1.33. The molecular weight excluding hydrogens is 234 g/mol. The summed E-state index contributed by atoms with van der Waals surface area (Å²) in [5, 5.41) is 2.94. The quantitative estimate of drug-likeness (QED) is 0.870. The molecule has 2 aromatic rings. The zero-order valence-corrected chi connectivity index (χ0v) is 11.2. The van der Waals surface area contributed by atoms with Crippen molar-refractivity contribution in [1.82, 2.24) is 5.32 Å². The van der Waals surface area contributed by atoms with Crippen molar-refractivity contribution < 1.29 is 4.79 Å². The van der Waals surface area contributed by atoms with Crippen molar-refractivity contribution in [2.75, 3.05) is 0 Å². The molecule has 98 valence electrons. The highest BCUT2D eigenvalue weighted by molar-refractivity contribution is 5.76. The van der Waals surface area contributed by atoms with Gasteiger partial charge in [-0.3, -0.25) is 4.79 Å². The molecule has 0 heterocycles. The molecule has 0 aliphatic heterocycles. The standard InChI is InChI=1S/C17H19NO/c1-14-6-5-9-15(12-14)10-11-17(19)18-13-16-7-3-2-4-8-16/h2-9,12H,10-11,13H2,1H3,(H,18,19). The molecule has 0 aliphatic carbocycles. The minimum atomic E-state index is 0.102. The molecule has 2 aromatic carbocycles. The summed E-state index contributed by atoms with van der Waals surface area (Å²) in [6.45, 7) is 2.67. The lowest BCUT2D eigenvalue weighted by Gasteiger charge is -2.06. The van der Waals surface area contributed by atoms with Gasteiger partial charge in [0.05, 0.1) is 0 Å². The summed E-state index contributed by atoms with van der Waals surface area (Å²) < 4.78 is 0. The first-order valence-electron chi connectivity index (χ1n) is 6.60. The van der Waals surface area contributed by atoms with Crippen LogP contribution in [-0.2, 0) is 17.8 Å². The molecular formula is C17H19NO. The van der Waals surface area contributed by atoms with E-state index in [1.165, 1.54) is 11.1 Å². The largest absolute Gasteiger partial charge is 0.352 e. The number of hydrogen-bond acceptors (Lipinski definition) is 1. The Morgan fingerprint density at radius 2 is 1.74 bits per heavy atom. The fourth-order valence-corrected chi connectivity index (χ4v) is 2.01. The van der Waals surface area contributed by atoms with Crippen LogP contribution < -0.4 is 5.32 Å². The number of carbonyl (C=O) groups is 1. The smallest absolute Gasteiger partial charge is 0.220 e. The summed E-state index contributed by atoms with van der Waals surface area (Å²) in [5.74, 6) is 0.102. The SMILES string of the molecule is Cc1cccc(CCC(=O)NCc2ccccc2)c1. The van der Waals surface area contributed by atoms with Crippen molar-refractivity contribution in [3.8, 4) is 0 Å². The molecule has 1 N–H and O–H groups in total. The Hall–Kier alpha value is -2.09. The van der Waals surface area contributed by atoms with Crippen molar-refractivity contribution in [3.63, 3.8) is 0 Å². The number of carbonyl (C=O) groups excluding carboxylic acids is 1. The molecule has 0 aromatic heterocycles. The Labute approximate surface area is 114 Å². The first kappa shape index (κ1) is 13.3. The first-order chi connectivity index (χ1) is 9.24. The van der Waals surface area contributed by atoms with Crippen LogP contribution in [0.3, 0.4) is 0 Å². The minimum absolute atomic E-state index is 0.102. The van der Waals surface area contributed by atoms with Gasteiger partial charge in [0.15, 0.2) is 0 Å². The van der Waals surface area contributed by atoms with E-state index in [1.807, 2.05) is 36.4 Å². The predicted molar refractivity (Wildman–Crippen MR) is 77.8 cm³/mol. The van der Waals surface area contributed by atoms with Gasteiger partial charge in [-0.2, -0.15) is 0 Å². The van der Waals surface area contributed by atoms with Crippen LogP contribution in [0.5, 0.6) is 0 Å². The molecule has 0 radical (unpaired) electrons. The summed E-state index contributed by atoms with van der Waals surface area (Å²) >= 11 is 0. The number of amides is 1. The molecule has 19 heavy (non-hydrogen) atoms. The monoisotopic (exact) mass is 253 g/mol. The third-order valence-corrected chi connectivity index (χ3v) is 3.06. The van der Waals surface area contributed by atoms with E-state index >= 15 is 0 Å². The summed E-state index contributed by atoms with van der Waals surface area (Å²) in [6, 6.07) is 18.3. The van der Waals surface area contributed by atoms with Crippen LogP contribution in [0.2, 0.25) is 0 Å². The van der Waals surface area contributed by atoms with Gasteiger partial charge in [0.25, 0.3) is 0 Å². The van der Waals surface area contributed by atoms with E-state index in [4.69, 9.17) is 0 Å². The Bertz CT molecular complexity index is 534. The second-order valence-corrected chi connectivity index (χ2v) is 4.75. The molecule has 0 saturated carbocycles. The second-order valence-electron chi connectivity index (χ2n) is 4.75. The predicted octanol–water partition coefficient (Wildman–Crippen LogP) is 3.24. The van der Waals surface area contributed by atoms with Gasteiger partial charge in [0, 0.05) is 13.0 Å². The number of rotatable bonds is 5. The molecule has 1 amide bonds. The van der Waals surface area contributed by atoms with Gasteiger partial charge in [0.1, 0.15) is 0 Å². The van der Waals surface area contributed by atoms with E-state index in [-0.39, 0.29) is 5.91 Å². The highest BCUT2D eigenvalue weighted by atomic mass is 16.1. The van der Waals surface area contributed by atoms with E-state index in [2.05, 4.69) is 30.4 Å². The topological polar surface area (TPSA) is 29.1 Å². The molecule has 2 nitrogen and oxygen atoms in total. The third-order valence-electron chi connectivity index (χ3n) is 3.06. The van der Waals surface area contributed by atoms with Crippen LogP contribution >= 0.6 is 0 Å². The highest BCUT2D eigenvalue weighted by Gasteiger charge is 2.02. The highest BCUT2D eigenvalue weighted by Crippen LogP contribution is 2.06. The van der Waals surface area contributed by atoms with Crippen molar-refractivity contribution >= 4 is 5.91 Å². The van der Waals surface area contributed by atoms with Gasteiger partial charge in [-0.15, -0.1) is 0 Å². The van der Waals surface area contributed by atoms with E-state index in [9.17, 15) is 4.79 Å². The molecule has 0 bridgehead atoms. The number of nitrogens with one attached hydrogen (secondary N) is 1. The molecule has 2 heteroatoms. The van der Waals surface area contributed by atoms with Gasteiger partial charge in [-0.1, -0.05) is 60.2 Å². The van der Waals surface area contributed by atoms with Crippen molar-refractivity contribution in [3.05, 3.63) is 71.3 Å². The first-order valence-corrected chi connectivity index (χ1v) is 6.60. The molecule has 0 aliphatic rings. The third kappa shape index (κ3) is 4.59. The van der Waals surface area contributed by atoms with Crippen molar-refractivity contribution in [2.24, 2.45) is 0 Å². The zero-order chi connectivity index (χ0) is 13.5. The minimum Gasteiger partial charge on any atom is -0.352 e. The molecule has 0 unspecified atom stereocenters. The molecule has 0 saturated heterocycles. The van der Waals surface area contributed by atoms with Gasteiger partial charge in [0.2, 0.25) is 5.91 Å². The Kier molecular flexibility index (Phi) is 4.73. The Morgan fingerprint density at radius 3 is 2.47 bits per heavy atom. The van der Waals surface area contributed by atoms with Gasteiger partial charge >= 0.3 is 0 Å². The lowest BCUT2D eigenvalue weighted by molar-refractivity contribution is -0.121. The van der Waals surface area contributed by atoms with Crippen LogP contribution in [-0.4, -0.2) is 5.91 Å². The molecule has 2 rings (SSSR count). The molecule has 0 atom stereocenters. The zero-order valence-electron chi connectivity index (χ0n) is 11.2. The van der Waals surface area contributed by atoms with Crippen LogP contribution in [0, 0.1) is 6.92 Å².